The van der Waals surface area contributed by atoms with Gasteiger partial charge in [-0.05, 0) is 42.2 Å². The number of benzene rings is 1. The van der Waals surface area contributed by atoms with E-state index in [1.807, 2.05) is 25.1 Å². The van der Waals surface area contributed by atoms with Crippen molar-refractivity contribution in [1.82, 2.24) is 9.55 Å². The molecule has 4 N–H and O–H groups in total. The summed E-state index contributed by atoms with van der Waals surface area (Å²) in [6.45, 7) is 2.25. The Hall–Kier alpha value is -2.84. The number of pyridine rings is 2. The van der Waals surface area contributed by atoms with Crippen LogP contribution in [0.5, 0.6) is 0 Å². The monoisotopic (exact) mass is 420 g/mol. The van der Waals surface area contributed by atoms with Crippen LogP contribution in [-0.4, -0.2) is 21.3 Å². The van der Waals surface area contributed by atoms with Crippen LogP contribution in [0, 0.1) is 0 Å². The Morgan fingerprint density at radius 3 is 2.90 bits per heavy atom. The van der Waals surface area contributed by atoms with E-state index in [9.17, 15) is 9.59 Å². The maximum atomic E-state index is 13.4. The summed E-state index contributed by atoms with van der Waals surface area (Å²) >= 11 is 1.76. The van der Waals surface area contributed by atoms with Crippen molar-refractivity contribution < 1.29 is 9.53 Å². The van der Waals surface area contributed by atoms with Gasteiger partial charge in [0.05, 0.1) is 29.0 Å². The molecule has 3 aliphatic heterocycles. The Labute approximate surface area is 176 Å². The molecular formula is C22H20N4O3S. The molecule has 6 rings (SSSR count). The van der Waals surface area contributed by atoms with E-state index >= 15 is 0 Å². The third kappa shape index (κ3) is 2.07. The van der Waals surface area contributed by atoms with Gasteiger partial charge in [-0.2, -0.15) is 0 Å². The third-order valence-electron chi connectivity index (χ3n) is 6.66. The number of anilines is 1. The molecule has 1 aromatic carbocycles. The van der Waals surface area contributed by atoms with Gasteiger partial charge in [-0.1, -0.05) is 6.92 Å². The summed E-state index contributed by atoms with van der Waals surface area (Å²) in [5.74, 6) is 0.456. The number of esters is 1. The molecule has 0 aliphatic carbocycles. The average molecular weight is 420 g/mol. The van der Waals surface area contributed by atoms with Crippen LogP contribution in [0.25, 0.3) is 22.3 Å². The zero-order valence-corrected chi connectivity index (χ0v) is 17.3. The summed E-state index contributed by atoms with van der Waals surface area (Å²) < 4.78 is 7.01. The molecule has 3 aliphatic rings. The van der Waals surface area contributed by atoms with Gasteiger partial charge in [-0.3, -0.25) is 4.79 Å². The van der Waals surface area contributed by atoms with Crippen LogP contribution in [0.2, 0.25) is 0 Å². The lowest BCUT2D eigenvalue weighted by atomic mass is 9.83. The first-order valence-corrected chi connectivity index (χ1v) is 11.0. The first-order valence-electron chi connectivity index (χ1n) is 10.0. The minimum Gasteiger partial charge on any atom is -0.459 e. The number of hydrogen-bond donors (Lipinski definition) is 2. The Morgan fingerprint density at radius 2 is 2.10 bits per heavy atom. The number of carbonyl (C=O) groups is 1. The van der Waals surface area contributed by atoms with Gasteiger partial charge >= 0.3 is 5.97 Å². The lowest BCUT2D eigenvalue weighted by molar-refractivity contribution is -0.154. The quantitative estimate of drug-likeness (QED) is 0.359. The normalized spacial score (nSPS) is 21.2. The Morgan fingerprint density at radius 1 is 1.27 bits per heavy atom. The number of ether oxygens (including phenoxy) is 1. The summed E-state index contributed by atoms with van der Waals surface area (Å²) in [5.41, 5.74) is 17.7. The van der Waals surface area contributed by atoms with E-state index in [4.69, 9.17) is 21.2 Å². The summed E-state index contributed by atoms with van der Waals surface area (Å²) in [6, 6.07) is 5.72. The summed E-state index contributed by atoms with van der Waals surface area (Å²) in [5, 5.41) is 1.11. The Bertz CT molecular complexity index is 1360. The number of aromatic nitrogens is 2. The van der Waals surface area contributed by atoms with Gasteiger partial charge in [-0.25, -0.2) is 9.78 Å². The summed E-state index contributed by atoms with van der Waals surface area (Å²) in [4.78, 5) is 31.8. The van der Waals surface area contributed by atoms with E-state index < -0.39 is 11.5 Å². The van der Waals surface area contributed by atoms with Crippen LogP contribution >= 0.6 is 11.8 Å². The summed E-state index contributed by atoms with van der Waals surface area (Å²) in [7, 11) is 0. The zero-order valence-electron chi connectivity index (χ0n) is 16.4. The average Bonchev–Trinajstić information content (AvgIpc) is 3.13. The van der Waals surface area contributed by atoms with Gasteiger partial charge in [-0.15, -0.1) is 11.8 Å². The van der Waals surface area contributed by atoms with E-state index in [1.165, 1.54) is 5.56 Å². The molecule has 152 valence electrons. The highest BCUT2D eigenvalue weighted by molar-refractivity contribution is 7.99. The van der Waals surface area contributed by atoms with Gasteiger partial charge in [0.25, 0.3) is 5.56 Å². The number of nitrogen functional groups attached to an aromatic ring is 1. The molecule has 0 radical (unpaired) electrons. The van der Waals surface area contributed by atoms with Crippen molar-refractivity contribution in [3.63, 3.8) is 0 Å². The molecule has 0 saturated heterocycles. The fraction of sp³-hybridized carbons (Fsp3) is 0.318. The molecule has 0 amide bonds. The van der Waals surface area contributed by atoms with E-state index in [0.717, 1.165) is 50.6 Å². The SMILES string of the molecule is CCC1(N)C(=O)OCc2c1cc1n(c2=O)Cc2c-1nc1ccc(N)c3c1c2CCS3. The third-order valence-corrected chi connectivity index (χ3v) is 7.79. The number of nitrogens with two attached hydrogens (primary N) is 2. The van der Waals surface area contributed by atoms with Crippen molar-refractivity contribution in [2.45, 2.75) is 43.4 Å². The van der Waals surface area contributed by atoms with Gasteiger partial charge < -0.3 is 20.8 Å². The van der Waals surface area contributed by atoms with E-state index in [-0.39, 0.29) is 12.2 Å². The van der Waals surface area contributed by atoms with Crippen molar-refractivity contribution in [1.29, 1.82) is 0 Å². The number of cyclic esters (lactones) is 1. The minimum absolute atomic E-state index is 0.0395. The van der Waals surface area contributed by atoms with Crippen LogP contribution in [0.1, 0.15) is 35.6 Å². The lowest BCUT2D eigenvalue weighted by Gasteiger charge is -2.32. The molecule has 1 unspecified atom stereocenters. The largest absolute Gasteiger partial charge is 0.459 e. The molecule has 2 aromatic heterocycles. The predicted molar refractivity (Wildman–Crippen MR) is 115 cm³/mol. The second-order valence-corrected chi connectivity index (χ2v) is 9.21. The molecular weight excluding hydrogens is 400 g/mol. The molecule has 3 aromatic rings. The van der Waals surface area contributed by atoms with Gasteiger partial charge in [0.15, 0.2) is 0 Å². The number of nitrogens with zero attached hydrogens (tertiary/aromatic N) is 2. The number of hydrogen-bond acceptors (Lipinski definition) is 7. The maximum Gasteiger partial charge on any atom is 0.331 e. The number of thioether (sulfide) groups is 1. The topological polar surface area (TPSA) is 113 Å². The maximum absolute atomic E-state index is 13.4. The van der Waals surface area contributed by atoms with E-state index in [1.54, 1.807) is 16.3 Å². The molecule has 30 heavy (non-hydrogen) atoms. The highest BCUT2D eigenvalue weighted by Crippen LogP contribution is 2.45. The zero-order chi connectivity index (χ0) is 20.8. The van der Waals surface area contributed by atoms with Crippen LogP contribution in [0.4, 0.5) is 5.69 Å². The first kappa shape index (κ1) is 18.0. The van der Waals surface area contributed by atoms with Crippen LogP contribution < -0.4 is 17.0 Å². The standard InChI is InChI=1S/C22H20N4O3S/c1-2-22(24)13-7-16-18-11(8-26(16)20(27)12(13)9-29-21(22)28)10-5-6-30-19-14(23)3-4-15(25-18)17(10)19/h3-4,7H,2,5-6,8-9,23-24H2,1H3. The van der Waals surface area contributed by atoms with Crippen molar-refractivity contribution >= 4 is 34.3 Å². The molecule has 5 heterocycles. The van der Waals surface area contributed by atoms with Gasteiger partial charge in [0.2, 0.25) is 0 Å². The fourth-order valence-corrected chi connectivity index (χ4v) is 6.09. The molecule has 0 fully saturated rings. The highest BCUT2D eigenvalue weighted by Gasteiger charge is 2.44. The number of carbonyl (C=O) groups excluding carboxylic acids is 1. The smallest absolute Gasteiger partial charge is 0.331 e. The van der Waals surface area contributed by atoms with Crippen molar-refractivity contribution in [2.75, 3.05) is 11.5 Å². The molecule has 0 spiro atoms. The van der Waals surface area contributed by atoms with Crippen molar-refractivity contribution in [3.05, 3.63) is 50.8 Å². The van der Waals surface area contributed by atoms with Crippen LogP contribution in [-0.2, 0) is 34.6 Å². The lowest BCUT2D eigenvalue weighted by Crippen LogP contribution is -2.50. The van der Waals surface area contributed by atoms with E-state index in [0.29, 0.717) is 24.1 Å². The van der Waals surface area contributed by atoms with Crippen LogP contribution in [0.3, 0.4) is 0 Å². The van der Waals surface area contributed by atoms with Gasteiger partial charge in [0.1, 0.15) is 12.1 Å². The highest BCUT2D eigenvalue weighted by atomic mass is 32.2. The van der Waals surface area contributed by atoms with E-state index in [2.05, 4.69) is 0 Å². The molecule has 0 bridgehead atoms. The molecule has 7 nitrogen and oxygen atoms in total. The van der Waals surface area contributed by atoms with Crippen molar-refractivity contribution in [3.8, 4) is 11.4 Å². The predicted octanol–water partition coefficient (Wildman–Crippen LogP) is 2.28. The Kier molecular flexibility index (Phi) is 3.51. The second-order valence-electron chi connectivity index (χ2n) is 8.11. The fourth-order valence-electron chi connectivity index (χ4n) is 4.97. The summed E-state index contributed by atoms with van der Waals surface area (Å²) in [6.07, 6.45) is 1.26. The van der Waals surface area contributed by atoms with Crippen LogP contribution in [0.15, 0.2) is 27.9 Å². The second kappa shape index (κ2) is 5.86. The molecule has 8 heteroatoms. The number of aryl methyl sites for hydroxylation is 1. The molecule has 0 saturated carbocycles. The van der Waals surface area contributed by atoms with Gasteiger partial charge in [0, 0.05) is 27.3 Å². The number of fused-ring (bicyclic) bond motifs is 5. The first-order chi connectivity index (χ1) is 14.4. The Balaban J connectivity index is 1.68. The minimum atomic E-state index is -1.31. The number of rotatable bonds is 1. The van der Waals surface area contributed by atoms with Crippen molar-refractivity contribution in [2.24, 2.45) is 5.73 Å². The molecule has 1 atom stereocenters.